The number of benzene rings is 3. The zero-order chi connectivity index (χ0) is 18.3. The normalized spacial score (nSPS) is 14.2. The molecule has 132 valence electrons. The fourth-order valence-corrected chi connectivity index (χ4v) is 4.05. The molecule has 0 saturated heterocycles. The van der Waals surface area contributed by atoms with Crippen molar-refractivity contribution >= 4 is 23.1 Å². The Hall–Kier alpha value is -2.40. The van der Waals surface area contributed by atoms with Gasteiger partial charge in [-0.15, -0.1) is 0 Å². The third-order valence-corrected chi connectivity index (χ3v) is 5.77. The van der Waals surface area contributed by atoms with Gasteiger partial charge in [0.2, 0.25) is 0 Å². The van der Waals surface area contributed by atoms with E-state index in [4.69, 9.17) is 0 Å². The van der Waals surface area contributed by atoms with Crippen LogP contribution in [0.5, 0.6) is 0 Å². The number of alkyl halides is 3. The summed E-state index contributed by atoms with van der Waals surface area (Å²) in [6, 6.07) is 19.7. The number of hydrogen-bond acceptors (Lipinski definition) is 2. The lowest BCUT2D eigenvalue weighted by Gasteiger charge is -2.23. The van der Waals surface area contributed by atoms with E-state index in [1.165, 1.54) is 4.90 Å². The zero-order valence-corrected chi connectivity index (χ0v) is 14.8. The molecule has 1 atom stereocenters. The second-order valence-corrected chi connectivity index (χ2v) is 7.40. The number of halogens is 3. The van der Waals surface area contributed by atoms with Gasteiger partial charge in [-0.1, -0.05) is 49.0 Å². The van der Waals surface area contributed by atoms with E-state index in [1.54, 1.807) is 23.9 Å². The third-order valence-electron chi connectivity index (χ3n) is 4.62. The molecule has 0 saturated carbocycles. The van der Waals surface area contributed by atoms with Crippen LogP contribution in [0.15, 0.2) is 76.5 Å². The van der Waals surface area contributed by atoms with Crippen molar-refractivity contribution < 1.29 is 13.2 Å². The predicted octanol–water partition coefficient (Wildman–Crippen LogP) is 7.07. The molecule has 1 N–H and O–H groups in total. The molecule has 0 radical (unpaired) electrons. The van der Waals surface area contributed by atoms with Crippen molar-refractivity contribution in [1.29, 1.82) is 0 Å². The summed E-state index contributed by atoms with van der Waals surface area (Å²) < 4.78 is 38.2. The summed E-state index contributed by atoms with van der Waals surface area (Å²) in [6.45, 7) is 2.01. The summed E-state index contributed by atoms with van der Waals surface area (Å²) in [5.41, 5.74) is 3.42. The highest BCUT2D eigenvalue weighted by Gasteiger charge is 2.30. The topological polar surface area (TPSA) is 12.0 Å². The largest absolute Gasteiger partial charge is 0.416 e. The molecule has 0 amide bonds. The highest BCUT2D eigenvalue weighted by Crippen LogP contribution is 2.45. The van der Waals surface area contributed by atoms with Gasteiger partial charge in [0.05, 0.1) is 16.9 Å². The van der Waals surface area contributed by atoms with Crippen molar-refractivity contribution in [2.75, 3.05) is 5.32 Å². The van der Waals surface area contributed by atoms with Gasteiger partial charge in [0, 0.05) is 15.7 Å². The standard InChI is InChI=1S/C21H16F3NS/c1-13(14-6-9-16(10-7-14)21(22,23)24)15-8-11-20-18(12-15)25-17-4-2-3-5-19(17)26-20/h2-13,25H,1H3. The lowest BCUT2D eigenvalue weighted by atomic mass is 9.92. The lowest BCUT2D eigenvalue weighted by molar-refractivity contribution is -0.137. The van der Waals surface area contributed by atoms with Gasteiger partial charge < -0.3 is 5.32 Å². The molecule has 1 aliphatic rings. The molecule has 1 aliphatic heterocycles. The molecule has 3 aromatic carbocycles. The van der Waals surface area contributed by atoms with Crippen LogP contribution in [-0.2, 0) is 6.18 Å². The molecule has 0 aromatic heterocycles. The van der Waals surface area contributed by atoms with Gasteiger partial charge in [0.1, 0.15) is 0 Å². The van der Waals surface area contributed by atoms with E-state index in [1.807, 2.05) is 31.2 Å². The number of rotatable bonds is 2. The van der Waals surface area contributed by atoms with E-state index < -0.39 is 11.7 Å². The second kappa shape index (κ2) is 6.40. The van der Waals surface area contributed by atoms with Crippen LogP contribution >= 0.6 is 11.8 Å². The molecule has 4 rings (SSSR count). The first-order valence-electron chi connectivity index (χ1n) is 8.27. The molecular weight excluding hydrogens is 355 g/mol. The summed E-state index contributed by atoms with van der Waals surface area (Å²) in [7, 11) is 0. The van der Waals surface area contributed by atoms with Gasteiger partial charge in [-0.05, 0) is 47.5 Å². The van der Waals surface area contributed by atoms with Crippen LogP contribution in [0.3, 0.4) is 0 Å². The minimum absolute atomic E-state index is 0.00607. The Balaban J connectivity index is 1.61. The average Bonchev–Trinajstić information content (AvgIpc) is 2.64. The van der Waals surface area contributed by atoms with Crippen LogP contribution in [-0.4, -0.2) is 0 Å². The fraction of sp³-hybridized carbons (Fsp3) is 0.143. The van der Waals surface area contributed by atoms with E-state index in [0.717, 1.165) is 39.5 Å². The number of fused-ring (bicyclic) bond motifs is 2. The first-order chi connectivity index (χ1) is 12.4. The van der Waals surface area contributed by atoms with Crippen LogP contribution in [0, 0.1) is 0 Å². The number of nitrogens with one attached hydrogen (secondary N) is 1. The highest BCUT2D eigenvalue weighted by molar-refractivity contribution is 7.99. The minimum Gasteiger partial charge on any atom is -0.354 e. The minimum atomic E-state index is -4.30. The highest BCUT2D eigenvalue weighted by atomic mass is 32.2. The quantitative estimate of drug-likeness (QED) is 0.404. The molecule has 0 spiro atoms. The maximum Gasteiger partial charge on any atom is 0.416 e. The average molecular weight is 371 g/mol. The van der Waals surface area contributed by atoms with Crippen molar-refractivity contribution in [2.24, 2.45) is 0 Å². The summed E-state index contributed by atoms with van der Waals surface area (Å²) in [4.78, 5) is 2.33. The summed E-state index contributed by atoms with van der Waals surface area (Å²) in [5.74, 6) is 0.00607. The van der Waals surface area contributed by atoms with Crippen molar-refractivity contribution in [3.63, 3.8) is 0 Å². The smallest absolute Gasteiger partial charge is 0.354 e. The molecule has 5 heteroatoms. The number of anilines is 2. The first kappa shape index (κ1) is 17.0. The van der Waals surface area contributed by atoms with Crippen molar-refractivity contribution in [1.82, 2.24) is 0 Å². The Labute approximate surface area is 154 Å². The Morgan fingerprint density at radius 3 is 2.19 bits per heavy atom. The maximum atomic E-state index is 12.7. The molecule has 1 heterocycles. The van der Waals surface area contributed by atoms with E-state index >= 15 is 0 Å². The van der Waals surface area contributed by atoms with Crippen LogP contribution < -0.4 is 5.32 Å². The molecule has 0 bridgehead atoms. The second-order valence-electron chi connectivity index (χ2n) is 6.32. The van der Waals surface area contributed by atoms with E-state index in [9.17, 15) is 13.2 Å². The zero-order valence-electron chi connectivity index (χ0n) is 14.0. The van der Waals surface area contributed by atoms with Gasteiger partial charge >= 0.3 is 6.18 Å². The lowest BCUT2D eigenvalue weighted by Crippen LogP contribution is -2.06. The first-order valence-corrected chi connectivity index (χ1v) is 9.08. The summed E-state index contributed by atoms with van der Waals surface area (Å²) >= 11 is 1.72. The van der Waals surface area contributed by atoms with Crippen LogP contribution in [0.1, 0.15) is 29.5 Å². The maximum absolute atomic E-state index is 12.7. The summed E-state index contributed by atoms with van der Waals surface area (Å²) in [6.07, 6.45) is -4.30. The number of para-hydroxylation sites is 1. The van der Waals surface area contributed by atoms with Crippen molar-refractivity contribution in [3.05, 3.63) is 83.4 Å². The van der Waals surface area contributed by atoms with Gasteiger partial charge in [-0.2, -0.15) is 13.2 Å². The predicted molar refractivity (Wildman–Crippen MR) is 99.3 cm³/mol. The fourth-order valence-electron chi connectivity index (χ4n) is 3.08. The number of hydrogen-bond donors (Lipinski definition) is 1. The molecule has 0 aliphatic carbocycles. The Bertz CT molecular complexity index is 948. The van der Waals surface area contributed by atoms with E-state index in [-0.39, 0.29) is 5.92 Å². The van der Waals surface area contributed by atoms with Crippen LogP contribution in [0.2, 0.25) is 0 Å². The molecule has 26 heavy (non-hydrogen) atoms. The molecular formula is C21H16F3NS. The molecule has 1 unspecified atom stereocenters. The van der Waals surface area contributed by atoms with Gasteiger partial charge in [-0.3, -0.25) is 0 Å². The third kappa shape index (κ3) is 3.19. The Kier molecular flexibility index (Phi) is 4.19. The SMILES string of the molecule is CC(c1ccc(C(F)(F)F)cc1)c1ccc2c(c1)Nc1ccccc1S2. The molecule has 3 aromatic rings. The Morgan fingerprint density at radius 1 is 0.808 bits per heavy atom. The molecule has 0 fully saturated rings. The van der Waals surface area contributed by atoms with Crippen LogP contribution in [0.4, 0.5) is 24.5 Å². The van der Waals surface area contributed by atoms with E-state index in [0.29, 0.717) is 0 Å². The Morgan fingerprint density at radius 2 is 1.46 bits per heavy atom. The van der Waals surface area contributed by atoms with E-state index in [2.05, 4.69) is 23.5 Å². The monoisotopic (exact) mass is 371 g/mol. The van der Waals surface area contributed by atoms with Gasteiger partial charge in [0.25, 0.3) is 0 Å². The summed E-state index contributed by atoms with van der Waals surface area (Å²) in [5, 5.41) is 3.45. The van der Waals surface area contributed by atoms with Gasteiger partial charge in [-0.25, -0.2) is 0 Å². The molecule has 1 nitrogen and oxygen atoms in total. The van der Waals surface area contributed by atoms with Gasteiger partial charge in [0.15, 0.2) is 0 Å². The van der Waals surface area contributed by atoms with Crippen molar-refractivity contribution in [2.45, 2.75) is 28.8 Å². The van der Waals surface area contributed by atoms with Crippen LogP contribution in [0.25, 0.3) is 0 Å². The van der Waals surface area contributed by atoms with Crippen molar-refractivity contribution in [3.8, 4) is 0 Å².